The van der Waals surface area contributed by atoms with Gasteiger partial charge in [-0.15, -0.1) is 11.3 Å². The number of carbonyl (C=O) groups excluding carboxylic acids is 1. The third-order valence-corrected chi connectivity index (χ3v) is 5.38. The molecule has 3 aromatic rings. The molecule has 0 aliphatic heterocycles. The van der Waals surface area contributed by atoms with E-state index in [4.69, 9.17) is 16.6 Å². The minimum atomic E-state index is 0.659. The van der Waals surface area contributed by atoms with Gasteiger partial charge in [-0.05, 0) is 37.8 Å². The molecule has 0 spiro atoms. The monoisotopic (exact) mass is 316 g/mol. The molecule has 0 radical (unpaired) electrons. The van der Waals surface area contributed by atoms with Crippen LogP contribution in [0.2, 0.25) is 5.02 Å². The summed E-state index contributed by atoms with van der Waals surface area (Å²) < 4.78 is 2.05. The fourth-order valence-electron chi connectivity index (χ4n) is 2.99. The van der Waals surface area contributed by atoms with E-state index in [1.54, 1.807) is 11.3 Å². The minimum Gasteiger partial charge on any atom is -0.296 e. The standard InChI is InChI=1S/C16H13ClN2OS/c17-11-7-5-10(6-8-11)15-13(9-20)19-12-3-1-2-4-14(12)21-16(19)18-15/h5-9H,1-4H2. The van der Waals surface area contributed by atoms with Gasteiger partial charge in [0, 0.05) is 21.2 Å². The lowest BCUT2D eigenvalue weighted by molar-refractivity contribution is 0.111. The summed E-state index contributed by atoms with van der Waals surface area (Å²) in [6, 6.07) is 7.48. The van der Waals surface area contributed by atoms with Crippen molar-refractivity contribution in [1.82, 2.24) is 9.38 Å². The second-order valence-corrected chi connectivity index (χ2v) is 6.77. The maximum Gasteiger partial charge on any atom is 0.195 e. The van der Waals surface area contributed by atoms with Crippen LogP contribution in [0.25, 0.3) is 16.2 Å². The summed E-state index contributed by atoms with van der Waals surface area (Å²) in [6.45, 7) is 0. The molecule has 3 nitrogen and oxygen atoms in total. The molecular weight excluding hydrogens is 304 g/mol. The summed E-state index contributed by atoms with van der Waals surface area (Å²) in [6.07, 6.45) is 5.48. The Morgan fingerprint density at radius 3 is 2.71 bits per heavy atom. The summed E-state index contributed by atoms with van der Waals surface area (Å²) in [5.74, 6) is 0. The molecule has 0 amide bonds. The number of benzene rings is 1. The molecule has 0 saturated carbocycles. The normalized spacial score (nSPS) is 14.3. The van der Waals surface area contributed by atoms with Crippen molar-refractivity contribution >= 4 is 34.2 Å². The Morgan fingerprint density at radius 2 is 1.95 bits per heavy atom. The number of carbonyl (C=O) groups is 1. The lowest BCUT2D eigenvalue weighted by Gasteiger charge is -2.11. The van der Waals surface area contributed by atoms with Gasteiger partial charge >= 0.3 is 0 Å². The summed E-state index contributed by atoms with van der Waals surface area (Å²) >= 11 is 7.65. The van der Waals surface area contributed by atoms with Gasteiger partial charge < -0.3 is 0 Å². The second-order valence-electron chi connectivity index (χ2n) is 5.27. The Hall–Kier alpha value is -1.65. The number of aromatic nitrogens is 2. The molecule has 0 saturated heterocycles. The van der Waals surface area contributed by atoms with E-state index < -0.39 is 0 Å². The van der Waals surface area contributed by atoms with Crippen LogP contribution in [0.5, 0.6) is 0 Å². The van der Waals surface area contributed by atoms with Gasteiger partial charge in [-0.3, -0.25) is 9.20 Å². The van der Waals surface area contributed by atoms with Crippen LogP contribution >= 0.6 is 22.9 Å². The molecule has 0 atom stereocenters. The highest BCUT2D eigenvalue weighted by atomic mass is 35.5. The fourth-order valence-corrected chi connectivity index (χ4v) is 4.33. The van der Waals surface area contributed by atoms with Gasteiger partial charge in [-0.25, -0.2) is 4.98 Å². The van der Waals surface area contributed by atoms with Crippen molar-refractivity contribution in [2.45, 2.75) is 25.7 Å². The first-order chi connectivity index (χ1) is 10.3. The van der Waals surface area contributed by atoms with Gasteiger partial charge in [-0.2, -0.15) is 0 Å². The molecule has 1 aliphatic rings. The summed E-state index contributed by atoms with van der Waals surface area (Å²) in [7, 11) is 0. The molecule has 106 valence electrons. The molecular formula is C16H13ClN2OS. The van der Waals surface area contributed by atoms with E-state index in [-0.39, 0.29) is 0 Å². The lowest BCUT2D eigenvalue weighted by atomic mass is 10.0. The Balaban J connectivity index is 1.96. The Labute approximate surface area is 131 Å². The third-order valence-electron chi connectivity index (χ3n) is 3.99. The molecule has 2 aromatic heterocycles. The van der Waals surface area contributed by atoms with Crippen LogP contribution in [0.1, 0.15) is 33.9 Å². The average molecular weight is 317 g/mol. The van der Waals surface area contributed by atoms with Gasteiger partial charge in [0.05, 0.1) is 0 Å². The number of hydrogen-bond donors (Lipinski definition) is 0. The second kappa shape index (κ2) is 4.97. The fraction of sp³-hybridized carbons (Fsp3) is 0.250. The molecule has 0 unspecified atom stereocenters. The maximum absolute atomic E-state index is 11.6. The van der Waals surface area contributed by atoms with Crippen LogP contribution in [0, 0.1) is 0 Å². The van der Waals surface area contributed by atoms with Crippen LogP contribution in [-0.2, 0) is 12.8 Å². The third kappa shape index (κ3) is 2.01. The topological polar surface area (TPSA) is 34.4 Å². The molecule has 0 N–H and O–H groups in total. The quantitative estimate of drug-likeness (QED) is 0.656. The number of halogens is 1. The first kappa shape index (κ1) is 13.0. The first-order valence-electron chi connectivity index (χ1n) is 7.02. The van der Waals surface area contributed by atoms with Crippen molar-refractivity contribution in [3.05, 3.63) is 45.6 Å². The van der Waals surface area contributed by atoms with Crippen LogP contribution < -0.4 is 0 Å². The van der Waals surface area contributed by atoms with Crippen molar-refractivity contribution in [3.8, 4) is 11.3 Å². The zero-order valence-electron chi connectivity index (χ0n) is 11.3. The average Bonchev–Trinajstić information content (AvgIpc) is 3.03. The van der Waals surface area contributed by atoms with E-state index in [1.165, 1.54) is 23.4 Å². The predicted molar refractivity (Wildman–Crippen MR) is 85.5 cm³/mol. The molecule has 21 heavy (non-hydrogen) atoms. The van der Waals surface area contributed by atoms with Crippen LogP contribution in [0.15, 0.2) is 24.3 Å². The van der Waals surface area contributed by atoms with Gasteiger partial charge in [0.25, 0.3) is 0 Å². The predicted octanol–water partition coefficient (Wildman–Crippen LogP) is 4.41. The Kier molecular flexibility index (Phi) is 3.08. The van der Waals surface area contributed by atoms with Crippen LogP contribution in [-0.4, -0.2) is 15.7 Å². The number of aryl methyl sites for hydroxylation is 2. The number of thiazole rings is 1. The van der Waals surface area contributed by atoms with E-state index in [0.29, 0.717) is 10.7 Å². The molecule has 5 heteroatoms. The van der Waals surface area contributed by atoms with Crippen molar-refractivity contribution in [1.29, 1.82) is 0 Å². The molecule has 0 bridgehead atoms. The molecule has 4 rings (SSSR count). The Morgan fingerprint density at radius 1 is 1.19 bits per heavy atom. The number of fused-ring (bicyclic) bond motifs is 3. The molecule has 1 aliphatic carbocycles. The van der Waals surface area contributed by atoms with E-state index in [9.17, 15) is 4.79 Å². The minimum absolute atomic E-state index is 0.659. The summed E-state index contributed by atoms with van der Waals surface area (Å²) in [4.78, 5) is 18.6. The van der Waals surface area contributed by atoms with E-state index in [1.807, 2.05) is 24.3 Å². The van der Waals surface area contributed by atoms with Crippen molar-refractivity contribution in [3.63, 3.8) is 0 Å². The zero-order chi connectivity index (χ0) is 14.4. The van der Waals surface area contributed by atoms with Crippen molar-refractivity contribution < 1.29 is 4.79 Å². The van der Waals surface area contributed by atoms with E-state index in [2.05, 4.69) is 4.40 Å². The van der Waals surface area contributed by atoms with Crippen molar-refractivity contribution in [2.24, 2.45) is 0 Å². The zero-order valence-corrected chi connectivity index (χ0v) is 12.9. The van der Waals surface area contributed by atoms with Gasteiger partial charge in [-0.1, -0.05) is 23.7 Å². The van der Waals surface area contributed by atoms with Crippen LogP contribution in [0.3, 0.4) is 0 Å². The van der Waals surface area contributed by atoms with Gasteiger partial charge in [0.15, 0.2) is 11.2 Å². The maximum atomic E-state index is 11.6. The number of rotatable bonds is 2. The smallest absolute Gasteiger partial charge is 0.195 e. The summed E-state index contributed by atoms with van der Waals surface area (Å²) in [5.41, 5.74) is 3.62. The number of nitrogens with zero attached hydrogens (tertiary/aromatic N) is 2. The van der Waals surface area contributed by atoms with Gasteiger partial charge in [0.1, 0.15) is 11.4 Å². The highest BCUT2D eigenvalue weighted by Crippen LogP contribution is 2.34. The van der Waals surface area contributed by atoms with E-state index in [0.717, 1.165) is 35.3 Å². The highest BCUT2D eigenvalue weighted by molar-refractivity contribution is 7.17. The van der Waals surface area contributed by atoms with Gasteiger partial charge in [0.2, 0.25) is 0 Å². The molecule has 1 aromatic carbocycles. The van der Waals surface area contributed by atoms with Crippen molar-refractivity contribution in [2.75, 3.05) is 0 Å². The summed E-state index contributed by atoms with van der Waals surface area (Å²) in [5, 5.41) is 0.685. The molecule has 2 heterocycles. The first-order valence-corrected chi connectivity index (χ1v) is 8.21. The highest BCUT2D eigenvalue weighted by Gasteiger charge is 2.22. The number of aldehydes is 1. The Bertz CT molecular complexity index is 832. The number of imidazole rings is 1. The SMILES string of the molecule is O=Cc1c(-c2ccc(Cl)cc2)nc2sc3c(n12)CCCC3. The number of hydrogen-bond acceptors (Lipinski definition) is 3. The largest absolute Gasteiger partial charge is 0.296 e. The molecule has 0 fully saturated rings. The van der Waals surface area contributed by atoms with Crippen LogP contribution in [0.4, 0.5) is 0 Å². The van der Waals surface area contributed by atoms with E-state index >= 15 is 0 Å². The lowest BCUT2D eigenvalue weighted by Crippen LogP contribution is -2.04.